The molecule has 2 aromatic rings. The lowest BCUT2D eigenvalue weighted by molar-refractivity contribution is -0.137. The van der Waals surface area contributed by atoms with Crippen molar-refractivity contribution < 1.29 is 27.2 Å². The summed E-state index contributed by atoms with van der Waals surface area (Å²) in [6.07, 6.45) is -3.11. The molecule has 0 aliphatic carbocycles. The molecular formula is C21H20F4N4O2. The van der Waals surface area contributed by atoms with Crippen LogP contribution < -0.4 is 5.43 Å². The molecule has 1 aliphatic rings. The van der Waals surface area contributed by atoms with E-state index in [-0.39, 0.29) is 23.9 Å². The zero-order valence-corrected chi connectivity index (χ0v) is 16.4. The third-order valence-corrected chi connectivity index (χ3v) is 4.74. The Morgan fingerprint density at radius 3 is 2.32 bits per heavy atom. The normalized spacial score (nSPS) is 15.3. The van der Waals surface area contributed by atoms with Gasteiger partial charge in [-0.1, -0.05) is 12.1 Å². The average Bonchev–Trinajstić information content (AvgIpc) is 2.73. The number of hydrogen-bond acceptors (Lipinski definition) is 4. The highest BCUT2D eigenvalue weighted by Crippen LogP contribution is 2.29. The average molecular weight is 436 g/mol. The molecule has 3 rings (SSSR count). The summed E-state index contributed by atoms with van der Waals surface area (Å²) in [6.45, 7) is 1.64. The molecule has 1 saturated heterocycles. The third-order valence-electron chi connectivity index (χ3n) is 4.74. The SMILES string of the molecule is O=C(CN1CCN(C(=O)c2ccc(C(F)(F)F)cc2)CC1)N/N=C/c1cccc(F)c1. The first kappa shape index (κ1) is 22.4. The fraction of sp³-hybridized carbons (Fsp3) is 0.286. The third kappa shape index (κ3) is 6.35. The van der Waals surface area contributed by atoms with E-state index in [2.05, 4.69) is 10.5 Å². The van der Waals surface area contributed by atoms with Crippen LogP contribution in [-0.4, -0.2) is 60.6 Å². The largest absolute Gasteiger partial charge is 0.416 e. The Bertz CT molecular complexity index is 953. The van der Waals surface area contributed by atoms with E-state index in [4.69, 9.17) is 0 Å². The van der Waals surface area contributed by atoms with Crippen molar-refractivity contribution in [1.29, 1.82) is 0 Å². The molecule has 0 radical (unpaired) electrons. The van der Waals surface area contributed by atoms with E-state index < -0.39 is 17.6 Å². The molecule has 1 fully saturated rings. The molecule has 1 N–H and O–H groups in total. The summed E-state index contributed by atoms with van der Waals surface area (Å²) in [7, 11) is 0. The Balaban J connectivity index is 1.44. The van der Waals surface area contributed by atoms with E-state index in [9.17, 15) is 27.2 Å². The van der Waals surface area contributed by atoms with Gasteiger partial charge in [0.25, 0.3) is 11.8 Å². The van der Waals surface area contributed by atoms with Gasteiger partial charge in [-0.2, -0.15) is 18.3 Å². The van der Waals surface area contributed by atoms with Crippen molar-refractivity contribution >= 4 is 18.0 Å². The zero-order chi connectivity index (χ0) is 22.4. The van der Waals surface area contributed by atoms with Crippen molar-refractivity contribution in [3.05, 3.63) is 71.0 Å². The van der Waals surface area contributed by atoms with Crippen LogP contribution in [0.4, 0.5) is 17.6 Å². The Morgan fingerprint density at radius 1 is 1.03 bits per heavy atom. The molecule has 0 unspecified atom stereocenters. The van der Waals surface area contributed by atoms with E-state index in [1.165, 1.54) is 36.5 Å². The number of nitrogens with one attached hydrogen (secondary N) is 1. The number of hydrogen-bond donors (Lipinski definition) is 1. The van der Waals surface area contributed by atoms with E-state index in [0.717, 1.165) is 12.1 Å². The van der Waals surface area contributed by atoms with Crippen LogP contribution in [0.3, 0.4) is 0 Å². The Labute approximate surface area is 176 Å². The van der Waals surface area contributed by atoms with Crippen LogP contribution in [-0.2, 0) is 11.0 Å². The predicted octanol–water partition coefficient (Wildman–Crippen LogP) is 2.75. The molecule has 0 spiro atoms. The monoisotopic (exact) mass is 436 g/mol. The van der Waals surface area contributed by atoms with Crippen molar-refractivity contribution in [2.24, 2.45) is 5.10 Å². The lowest BCUT2D eigenvalue weighted by Gasteiger charge is -2.34. The van der Waals surface area contributed by atoms with Crippen molar-refractivity contribution in [2.75, 3.05) is 32.7 Å². The molecule has 0 aromatic heterocycles. The Hall–Kier alpha value is -3.27. The van der Waals surface area contributed by atoms with Gasteiger partial charge >= 0.3 is 6.18 Å². The molecule has 1 heterocycles. The van der Waals surface area contributed by atoms with Gasteiger partial charge in [0, 0.05) is 31.7 Å². The maximum absolute atomic E-state index is 13.1. The van der Waals surface area contributed by atoms with Crippen molar-refractivity contribution in [2.45, 2.75) is 6.18 Å². The van der Waals surface area contributed by atoms with Crippen molar-refractivity contribution in [1.82, 2.24) is 15.2 Å². The maximum Gasteiger partial charge on any atom is 0.416 e. The number of carbonyl (C=O) groups excluding carboxylic acids is 2. The topological polar surface area (TPSA) is 65.0 Å². The molecule has 1 aliphatic heterocycles. The summed E-state index contributed by atoms with van der Waals surface area (Å²) in [5.41, 5.74) is 2.26. The second-order valence-electron chi connectivity index (χ2n) is 6.99. The standard InChI is InChI=1S/C21H20F4N4O2/c22-18-3-1-2-15(12-18)13-26-27-19(30)14-28-8-10-29(11-9-28)20(31)16-4-6-17(7-5-16)21(23,24)25/h1-7,12-13H,8-11,14H2,(H,27,30)/b26-13+. The van der Waals surface area contributed by atoms with Gasteiger partial charge in [0.15, 0.2) is 0 Å². The second kappa shape index (κ2) is 9.69. The van der Waals surface area contributed by atoms with Gasteiger partial charge in [-0.05, 0) is 42.0 Å². The number of hydrazone groups is 1. The number of alkyl halides is 3. The zero-order valence-electron chi connectivity index (χ0n) is 16.4. The maximum atomic E-state index is 13.1. The van der Waals surface area contributed by atoms with Crippen LogP contribution in [0, 0.1) is 5.82 Å². The van der Waals surface area contributed by atoms with Gasteiger partial charge in [0.1, 0.15) is 5.82 Å². The molecule has 164 valence electrons. The Kier molecular flexibility index (Phi) is 7.01. The van der Waals surface area contributed by atoms with Crippen LogP contribution in [0.25, 0.3) is 0 Å². The van der Waals surface area contributed by atoms with Gasteiger partial charge in [-0.3, -0.25) is 14.5 Å². The van der Waals surface area contributed by atoms with E-state index in [0.29, 0.717) is 31.7 Å². The lowest BCUT2D eigenvalue weighted by Crippen LogP contribution is -2.50. The van der Waals surface area contributed by atoms with E-state index in [1.807, 2.05) is 4.90 Å². The molecule has 2 amide bonds. The second-order valence-corrected chi connectivity index (χ2v) is 6.99. The summed E-state index contributed by atoms with van der Waals surface area (Å²) >= 11 is 0. The van der Waals surface area contributed by atoms with Crippen LogP contribution in [0.15, 0.2) is 53.6 Å². The number of halogens is 4. The fourth-order valence-corrected chi connectivity index (χ4v) is 3.10. The van der Waals surface area contributed by atoms with Gasteiger partial charge < -0.3 is 4.90 Å². The summed E-state index contributed by atoms with van der Waals surface area (Å²) < 4.78 is 51.0. The number of piperazine rings is 1. The molecular weight excluding hydrogens is 416 g/mol. The summed E-state index contributed by atoms with van der Waals surface area (Å²) in [6, 6.07) is 9.87. The quantitative estimate of drug-likeness (QED) is 0.446. The molecule has 0 saturated carbocycles. The molecule has 0 bridgehead atoms. The minimum absolute atomic E-state index is 0.0722. The first-order chi connectivity index (χ1) is 14.7. The fourth-order valence-electron chi connectivity index (χ4n) is 3.10. The number of amides is 2. The van der Waals surface area contributed by atoms with Gasteiger partial charge in [-0.15, -0.1) is 0 Å². The summed E-state index contributed by atoms with van der Waals surface area (Å²) in [5.74, 6) is -1.10. The summed E-state index contributed by atoms with van der Waals surface area (Å²) in [4.78, 5) is 27.9. The highest BCUT2D eigenvalue weighted by Gasteiger charge is 2.30. The highest BCUT2D eigenvalue weighted by atomic mass is 19.4. The minimum Gasteiger partial charge on any atom is -0.336 e. The van der Waals surface area contributed by atoms with Crippen LogP contribution in [0.2, 0.25) is 0 Å². The van der Waals surface area contributed by atoms with Crippen LogP contribution in [0.1, 0.15) is 21.5 Å². The molecule has 10 heteroatoms. The van der Waals surface area contributed by atoms with Gasteiger partial charge in [-0.25, -0.2) is 9.82 Å². The highest BCUT2D eigenvalue weighted by molar-refractivity contribution is 5.94. The number of rotatable bonds is 5. The van der Waals surface area contributed by atoms with Gasteiger partial charge in [0.2, 0.25) is 0 Å². The van der Waals surface area contributed by atoms with Crippen molar-refractivity contribution in [3.63, 3.8) is 0 Å². The smallest absolute Gasteiger partial charge is 0.336 e. The van der Waals surface area contributed by atoms with Gasteiger partial charge in [0.05, 0.1) is 18.3 Å². The Morgan fingerprint density at radius 2 is 1.71 bits per heavy atom. The number of nitrogens with zero attached hydrogens (tertiary/aromatic N) is 3. The number of carbonyl (C=O) groups is 2. The van der Waals surface area contributed by atoms with E-state index in [1.54, 1.807) is 11.0 Å². The summed E-state index contributed by atoms with van der Waals surface area (Å²) in [5, 5.41) is 3.79. The van der Waals surface area contributed by atoms with Crippen LogP contribution >= 0.6 is 0 Å². The minimum atomic E-state index is -4.45. The number of benzene rings is 2. The van der Waals surface area contributed by atoms with Crippen LogP contribution in [0.5, 0.6) is 0 Å². The molecule has 6 nitrogen and oxygen atoms in total. The van der Waals surface area contributed by atoms with E-state index >= 15 is 0 Å². The molecule has 2 aromatic carbocycles. The molecule has 31 heavy (non-hydrogen) atoms. The first-order valence-electron chi connectivity index (χ1n) is 9.49. The van der Waals surface area contributed by atoms with Crippen molar-refractivity contribution in [3.8, 4) is 0 Å². The lowest BCUT2D eigenvalue weighted by atomic mass is 10.1. The molecule has 0 atom stereocenters. The predicted molar refractivity (Wildman–Crippen MR) is 106 cm³/mol. The first-order valence-corrected chi connectivity index (χ1v) is 9.49.